The smallest absolute Gasteiger partial charge is 0.0985 e. The number of rotatable bonds is 4. The van der Waals surface area contributed by atoms with Gasteiger partial charge in [-0.05, 0) is 25.3 Å². The molecule has 4 heteroatoms. The Balaban J connectivity index is 2.06. The first-order chi connectivity index (χ1) is 8.88. The zero-order chi connectivity index (χ0) is 14.0. The van der Waals surface area contributed by atoms with E-state index in [1.54, 1.807) is 11.3 Å². The number of hydrogen-bond donors (Lipinski definition) is 1. The van der Waals surface area contributed by atoms with E-state index in [0.717, 1.165) is 6.54 Å². The molecule has 0 bridgehead atoms. The van der Waals surface area contributed by atoms with Crippen molar-refractivity contribution in [1.82, 2.24) is 10.3 Å². The molecular weight excluding hydrogens is 272 g/mol. The summed E-state index contributed by atoms with van der Waals surface area (Å²) in [5.74, 6) is 0. The Labute approximate surface area is 123 Å². The molecule has 19 heavy (non-hydrogen) atoms. The van der Waals surface area contributed by atoms with Crippen LogP contribution in [0.4, 0.5) is 0 Å². The third-order valence-corrected chi connectivity index (χ3v) is 5.67. The summed E-state index contributed by atoms with van der Waals surface area (Å²) in [6, 6.07) is 4.63. The van der Waals surface area contributed by atoms with Crippen molar-refractivity contribution in [3.05, 3.63) is 38.0 Å². The van der Waals surface area contributed by atoms with Crippen molar-refractivity contribution in [2.24, 2.45) is 0 Å². The van der Waals surface area contributed by atoms with E-state index in [0.29, 0.717) is 6.04 Å². The van der Waals surface area contributed by atoms with E-state index >= 15 is 0 Å². The van der Waals surface area contributed by atoms with Crippen LogP contribution in [0.3, 0.4) is 0 Å². The second-order valence-electron chi connectivity index (χ2n) is 5.90. The molecule has 0 fully saturated rings. The van der Waals surface area contributed by atoms with Gasteiger partial charge in [-0.1, -0.05) is 26.8 Å². The molecule has 1 unspecified atom stereocenters. The van der Waals surface area contributed by atoms with Gasteiger partial charge in [-0.3, -0.25) is 0 Å². The minimum absolute atomic E-state index is 0.140. The normalized spacial score (nSPS) is 13.7. The molecule has 0 aromatic carbocycles. The second kappa shape index (κ2) is 5.73. The minimum Gasteiger partial charge on any atom is -0.304 e. The van der Waals surface area contributed by atoms with Crippen LogP contribution in [0.5, 0.6) is 0 Å². The monoisotopic (exact) mass is 294 g/mol. The highest BCUT2D eigenvalue weighted by molar-refractivity contribution is 7.12. The third-order valence-electron chi connectivity index (χ3n) is 3.03. The number of nitrogens with one attached hydrogen (secondary N) is 1. The van der Waals surface area contributed by atoms with E-state index in [2.05, 4.69) is 57.4 Å². The fraction of sp³-hybridized carbons (Fsp3) is 0.533. The van der Waals surface area contributed by atoms with Crippen molar-refractivity contribution in [2.45, 2.75) is 52.6 Å². The van der Waals surface area contributed by atoms with Crippen LogP contribution in [-0.2, 0) is 12.0 Å². The molecule has 0 aliphatic rings. The molecule has 2 rings (SSSR count). The van der Waals surface area contributed by atoms with Crippen LogP contribution in [0.2, 0.25) is 0 Å². The Morgan fingerprint density at radius 3 is 2.63 bits per heavy atom. The molecule has 0 aliphatic carbocycles. The summed E-state index contributed by atoms with van der Waals surface area (Å²) in [4.78, 5) is 7.47. The number of thiophene rings is 1. The Kier molecular flexibility index (Phi) is 4.43. The lowest BCUT2D eigenvalue weighted by Gasteiger charge is -2.14. The molecule has 1 atom stereocenters. The first-order valence-corrected chi connectivity index (χ1v) is 8.31. The predicted octanol–water partition coefficient (Wildman–Crippen LogP) is 4.66. The SMILES string of the molecule is Cc1nc(C(C)(C)C)sc1C(C)NCc1cccs1. The number of thiazole rings is 1. The maximum Gasteiger partial charge on any atom is 0.0985 e. The molecule has 2 aromatic rings. The van der Waals surface area contributed by atoms with Gasteiger partial charge in [0.1, 0.15) is 0 Å². The van der Waals surface area contributed by atoms with Gasteiger partial charge in [0.2, 0.25) is 0 Å². The van der Waals surface area contributed by atoms with Crippen LogP contribution in [0.25, 0.3) is 0 Å². The van der Waals surface area contributed by atoms with Crippen LogP contribution in [-0.4, -0.2) is 4.98 Å². The molecule has 2 aromatic heterocycles. The standard InChI is InChI=1S/C15H22N2S2/c1-10(16-9-12-7-6-8-18-12)13-11(2)17-14(19-13)15(3,4)5/h6-8,10,16H,9H2,1-5H3. The molecule has 0 saturated heterocycles. The van der Waals surface area contributed by atoms with E-state index in [1.807, 2.05) is 11.3 Å². The van der Waals surface area contributed by atoms with E-state index in [4.69, 9.17) is 4.98 Å². The molecule has 2 heterocycles. The average Bonchev–Trinajstić information content (AvgIpc) is 2.93. The fourth-order valence-corrected chi connectivity index (χ4v) is 3.70. The zero-order valence-corrected chi connectivity index (χ0v) is 13.9. The highest BCUT2D eigenvalue weighted by atomic mass is 32.1. The summed E-state index contributed by atoms with van der Waals surface area (Å²) in [7, 11) is 0. The molecule has 0 saturated carbocycles. The van der Waals surface area contributed by atoms with Gasteiger partial charge in [-0.2, -0.15) is 0 Å². The lowest BCUT2D eigenvalue weighted by Crippen LogP contribution is -2.17. The van der Waals surface area contributed by atoms with Gasteiger partial charge in [-0.15, -0.1) is 22.7 Å². The van der Waals surface area contributed by atoms with Gasteiger partial charge in [0.25, 0.3) is 0 Å². The van der Waals surface area contributed by atoms with Crippen LogP contribution in [0.15, 0.2) is 17.5 Å². The van der Waals surface area contributed by atoms with E-state index in [1.165, 1.54) is 20.5 Å². The Morgan fingerprint density at radius 1 is 1.37 bits per heavy atom. The maximum atomic E-state index is 4.73. The summed E-state index contributed by atoms with van der Waals surface area (Å²) in [6.07, 6.45) is 0. The summed E-state index contributed by atoms with van der Waals surface area (Å²) in [5, 5.41) is 6.94. The second-order valence-corrected chi connectivity index (χ2v) is 7.96. The lowest BCUT2D eigenvalue weighted by atomic mass is 9.98. The number of hydrogen-bond acceptors (Lipinski definition) is 4. The Hall–Kier alpha value is -0.710. The van der Waals surface area contributed by atoms with Crippen molar-refractivity contribution in [2.75, 3.05) is 0 Å². The first kappa shape index (κ1) is 14.7. The van der Waals surface area contributed by atoms with Gasteiger partial charge in [0.05, 0.1) is 10.7 Å². The largest absolute Gasteiger partial charge is 0.304 e. The lowest BCUT2D eigenvalue weighted by molar-refractivity contribution is 0.580. The number of aryl methyl sites for hydroxylation is 1. The predicted molar refractivity (Wildman–Crippen MR) is 85.1 cm³/mol. The molecule has 0 amide bonds. The first-order valence-electron chi connectivity index (χ1n) is 6.61. The van der Waals surface area contributed by atoms with Gasteiger partial charge in [0.15, 0.2) is 0 Å². The molecule has 1 N–H and O–H groups in total. The van der Waals surface area contributed by atoms with Gasteiger partial charge >= 0.3 is 0 Å². The third kappa shape index (κ3) is 3.65. The topological polar surface area (TPSA) is 24.9 Å². The van der Waals surface area contributed by atoms with E-state index in [9.17, 15) is 0 Å². The van der Waals surface area contributed by atoms with Crippen LogP contribution in [0, 0.1) is 6.92 Å². The molecule has 0 spiro atoms. The summed E-state index contributed by atoms with van der Waals surface area (Å²) in [5.41, 5.74) is 1.31. The summed E-state index contributed by atoms with van der Waals surface area (Å²) < 4.78 is 0. The number of aromatic nitrogens is 1. The molecular formula is C15H22N2S2. The molecule has 0 radical (unpaired) electrons. The fourth-order valence-electron chi connectivity index (χ4n) is 1.89. The van der Waals surface area contributed by atoms with Crippen molar-refractivity contribution in [1.29, 1.82) is 0 Å². The van der Waals surface area contributed by atoms with Gasteiger partial charge in [0, 0.05) is 27.8 Å². The van der Waals surface area contributed by atoms with Crippen LogP contribution in [0.1, 0.15) is 54.2 Å². The van der Waals surface area contributed by atoms with Crippen LogP contribution >= 0.6 is 22.7 Å². The average molecular weight is 294 g/mol. The van der Waals surface area contributed by atoms with Crippen molar-refractivity contribution >= 4 is 22.7 Å². The highest BCUT2D eigenvalue weighted by Crippen LogP contribution is 2.32. The van der Waals surface area contributed by atoms with Gasteiger partial charge < -0.3 is 5.32 Å². The van der Waals surface area contributed by atoms with Crippen molar-refractivity contribution in [3.8, 4) is 0 Å². The maximum absolute atomic E-state index is 4.73. The minimum atomic E-state index is 0.140. The Bertz CT molecular complexity index is 521. The molecule has 0 aliphatic heterocycles. The Morgan fingerprint density at radius 2 is 2.11 bits per heavy atom. The van der Waals surface area contributed by atoms with E-state index in [-0.39, 0.29) is 5.41 Å². The molecule has 2 nitrogen and oxygen atoms in total. The molecule has 104 valence electrons. The zero-order valence-electron chi connectivity index (χ0n) is 12.3. The highest BCUT2D eigenvalue weighted by Gasteiger charge is 2.22. The summed E-state index contributed by atoms with van der Waals surface area (Å²) in [6.45, 7) is 11.9. The quantitative estimate of drug-likeness (QED) is 0.887. The van der Waals surface area contributed by atoms with Gasteiger partial charge in [-0.25, -0.2) is 4.98 Å². The summed E-state index contributed by atoms with van der Waals surface area (Å²) >= 11 is 3.64. The van der Waals surface area contributed by atoms with Crippen LogP contribution < -0.4 is 5.32 Å². The van der Waals surface area contributed by atoms with Crippen molar-refractivity contribution < 1.29 is 0 Å². The van der Waals surface area contributed by atoms with E-state index < -0.39 is 0 Å². The number of nitrogens with zero attached hydrogens (tertiary/aromatic N) is 1. The van der Waals surface area contributed by atoms with Crippen molar-refractivity contribution in [3.63, 3.8) is 0 Å².